The summed E-state index contributed by atoms with van der Waals surface area (Å²) < 4.78 is 13.3. The molecule has 104 valence electrons. The predicted octanol–water partition coefficient (Wildman–Crippen LogP) is 2.30. The van der Waals surface area contributed by atoms with E-state index < -0.39 is 11.4 Å². The zero-order valence-corrected chi connectivity index (χ0v) is 11.7. The first-order valence-corrected chi connectivity index (χ1v) is 7.36. The van der Waals surface area contributed by atoms with Crippen molar-refractivity contribution in [1.82, 2.24) is 5.32 Å². The zero-order valence-electron chi connectivity index (χ0n) is 10.9. The van der Waals surface area contributed by atoms with Crippen LogP contribution < -0.4 is 11.1 Å². The van der Waals surface area contributed by atoms with Gasteiger partial charge in [-0.15, -0.1) is 11.3 Å². The van der Waals surface area contributed by atoms with Gasteiger partial charge in [-0.3, -0.25) is 10.1 Å². The average Bonchev–Trinajstić information content (AvgIpc) is 3.03. The van der Waals surface area contributed by atoms with E-state index >= 15 is 0 Å². The van der Waals surface area contributed by atoms with Crippen LogP contribution >= 0.6 is 11.3 Å². The summed E-state index contributed by atoms with van der Waals surface area (Å²) in [6, 6.07) is 8.52. The van der Waals surface area contributed by atoms with E-state index in [-0.39, 0.29) is 5.82 Å². The molecule has 0 aliphatic heterocycles. The summed E-state index contributed by atoms with van der Waals surface area (Å²) in [7, 11) is 0. The fourth-order valence-electron chi connectivity index (χ4n) is 2.82. The summed E-state index contributed by atoms with van der Waals surface area (Å²) in [5, 5.41) is 5.28. The van der Waals surface area contributed by atoms with E-state index in [4.69, 9.17) is 5.73 Å². The SMILES string of the molecule is NC(=O)C1(NCc2cccs2)CCc2cc(F)ccc21. The molecule has 0 saturated heterocycles. The van der Waals surface area contributed by atoms with E-state index in [1.165, 1.54) is 12.1 Å². The molecule has 20 heavy (non-hydrogen) atoms. The quantitative estimate of drug-likeness (QED) is 0.908. The second kappa shape index (κ2) is 5.00. The molecule has 3 N–H and O–H groups in total. The minimum Gasteiger partial charge on any atom is -0.368 e. The Morgan fingerprint density at radius 3 is 3.00 bits per heavy atom. The highest BCUT2D eigenvalue weighted by Gasteiger charge is 2.43. The maximum Gasteiger partial charge on any atom is 0.242 e. The van der Waals surface area contributed by atoms with Gasteiger partial charge in [0.05, 0.1) is 0 Å². The molecule has 1 aliphatic rings. The molecule has 0 radical (unpaired) electrons. The molecule has 0 fully saturated rings. The maximum absolute atomic E-state index is 13.3. The van der Waals surface area contributed by atoms with Crippen LogP contribution in [0.2, 0.25) is 0 Å². The fraction of sp³-hybridized carbons (Fsp3) is 0.267. The molecule has 3 nitrogen and oxygen atoms in total. The first-order valence-electron chi connectivity index (χ1n) is 6.48. The molecule has 1 aromatic carbocycles. The highest BCUT2D eigenvalue weighted by atomic mass is 32.1. The molecule has 5 heteroatoms. The molecule has 3 rings (SSSR count). The summed E-state index contributed by atoms with van der Waals surface area (Å²) in [6.45, 7) is 0.581. The lowest BCUT2D eigenvalue weighted by Crippen LogP contribution is -2.50. The van der Waals surface area contributed by atoms with Crippen molar-refractivity contribution in [3.63, 3.8) is 0 Å². The smallest absolute Gasteiger partial charge is 0.242 e. The molecular weight excluding hydrogens is 275 g/mol. The number of carbonyl (C=O) groups is 1. The number of aryl methyl sites for hydroxylation is 1. The van der Waals surface area contributed by atoms with Crippen molar-refractivity contribution in [2.45, 2.75) is 24.9 Å². The van der Waals surface area contributed by atoms with E-state index in [9.17, 15) is 9.18 Å². The van der Waals surface area contributed by atoms with Crippen LogP contribution in [0.5, 0.6) is 0 Å². The molecule has 1 heterocycles. The first-order chi connectivity index (χ1) is 9.62. The number of hydrogen-bond acceptors (Lipinski definition) is 3. The highest BCUT2D eigenvalue weighted by Crippen LogP contribution is 2.37. The molecule has 1 atom stereocenters. The molecule has 0 saturated carbocycles. The van der Waals surface area contributed by atoms with Crippen molar-refractivity contribution in [2.75, 3.05) is 0 Å². The van der Waals surface area contributed by atoms with Gasteiger partial charge >= 0.3 is 0 Å². The van der Waals surface area contributed by atoms with Crippen molar-refractivity contribution in [2.24, 2.45) is 5.73 Å². The Balaban J connectivity index is 1.93. The van der Waals surface area contributed by atoms with Gasteiger partial charge in [-0.25, -0.2) is 4.39 Å². The van der Waals surface area contributed by atoms with Gasteiger partial charge in [-0.05, 0) is 47.5 Å². The molecule has 0 spiro atoms. The van der Waals surface area contributed by atoms with Gasteiger partial charge in [0.25, 0.3) is 0 Å². The van der Waals surface area contributed by atoms with E-state index in [2.05, 4.69) is 5.32 Å². The molecule has 1 aromatic heterocycles. The van der Waals surface area contributed by atoms with E-state index in [1.54, 1.807) is 17.4 Å². The molecule has 2 aromatic rings. The number of primary amides is 1. The van der Waals surface area contributed by atoms with Gasteiger partial charge in [0.2, 0.25) is 5.91 Å². The van der Waals surface area contributed by atoms with Crippen LogP contribution in [-0.2, 0) is 23.3 Å². The Bertz CT molecular complexity index is 641. The number of rotatable bonds is 4. The number of nitrogens with two attached hydrogens (primary N) is 1. The Kier molecular flexibility index (Phi) is 3.31. The Hall–Kier alpha value is -1.72. The van der Waals surface area contributed by atoms with Crippen molar-refractivity contribution >= 4 is 17.2 Å². The van der Waals surface area contributed by atoms with Gasteiger partial charge in [0.15, 0.2) is 0 Å². The number of thiophene rings is 1. The van der Waals surface area contributed by atoms with Gasteiger partial charge in [-0.1, -0.05) is 12.1 Å². The number of carbonyl (C=O) groups excluding carboxylic acids is 1. The van der Waals surface area contributed by atoms with Crippen LogP contribution in [0.4, 0.5) is 4.39 Å². The van der Waals surface area contributed by atoms with Gasteiger partial charge in [-0.2, -0.15) is 0 Å². The van der Waals surface area contributed by atoms with Crippen molar-refractivity contribution in [3.05, 3.63) is 57.5 Å². The molecule has 1 aliphatic carbocycles. The molecule has 1 unspecified atom stereocenters. The zero-order chi connectivity index (χ0) is 14.2. The standard InChI is InChI=1S/C15H15FN2OS/c16-11-3-4-13-10(8-11)5-6-15(13,14(17)19)18-9-12-2-1-7-20-12/h1-4,7-8,18H,5-6,9H2,(H2,17,19). The minimum atomic E-state index is -0.882. The average molecular weight is 290 g/mol. The number of benzene rings is 1. The first kappa shape index (κ1) is 13.3. The van der Waals surface area contributed by atoms with Crippen LogP contribution in [0.15, 0.2) is 35.7 Å². The van der Waals surface area contributed by atoms with Crippen LogP contribution in [0.25, 0.3) is 0 Å². The predicted molar refractivity (Wildman–Crippen MR) is 76.8 cm³/mol. The van der Waals surface area contributed by atoms with Crippen molar-refractivity contribution in [3.8, 4) is 0 Å². The third kappa shape index (κ3) is 2.13. The number of halogens is 1. The van der Waals surface area contributed by atoms with E-state index in [0.29, 0.717) is 19.4 Å². The number of nitrogens with one attached hydrogen (secondary N) is 1. The summed E-state index contributed by atoms with van der Waals surface area (Å²) in [5.74, 6) is -0.679. The van der Waals surface area contributed by atoms with Crippen LogP contribution in [0.3, 0.4) is 0 Å². The maximum atomic E-state index is 13.3. The van der Waals surface area contributed by atoms with E-state index in [0.717, 1.165) is 16.0 Å². The minimum absolute atomic E-state index is 0.276. The monoisotopic (exact) mass is 290 g/mol. The van der Waals surface area contributed by atoms with Crippen LogP contribution in [0.1, 0.15) is 22.4 Å². The van der Waals surface area contributed by atoms with Crippen LogP contribution in [0, 0.1) is 5.82 Å². The lowest BCUT2D eigenvalue weighted by Gasteiger charge is -2.28. The Morgan fingerprint density at radius 1 is 1.45 bits per heavy atom. The fourth-order valence-corrected chi connectivity index (χ4v) is 3.46. The summed E-state index contributed by atoms with van der Waals surface area (Å²) in [5.41, 5.74) is 6.42. The van der Waals surface area contributed by atoms with Crippen molar-refractivity contribution in [1.29, 1.82) is 0 Å². The number of hydrogen-bond donors (Lipinski definition) is 2. The third-order valence-corrected chi connectivity index (χ3v) is 4.74. The third-order valence-electron chi connectivity index (χ3n) is 3.86. The lowest BCUT2D eigenvalue weighted by atomic mass is 9.91. The second-order valence-corrected chi connectivity index (χ2v) is 6.04. The molecular formula is C15H15FN2OS. The highest BCUT2D eigenvalue weighted by molar-refractivity contribution is 7.09. The normalized spacial score (nSPS) is 20.9. The largest absolute Gasteiger partial charge is 0.368 e. The number of fused-ring (bicyclic) bond motifs is 1. The van der Waals surface area contributed by atoms with Crippen molar-refractivity contribution < 1.29 is 9.18 Å². The van der Waals surface area contributed by atoms with Gasteiger partial charge < -0.3 is 5.73 Å². The summed E-state index contributed by atoms with van der Waals surface area (Å²) in [4.78, 5) is 13.1. The van der Waals surface area contributed by atoms with Gasteiger partial charge in [0, 0.05) is 11.4 Å². The summed E-state index contributed by atoms with van der Waals surface area (Å²) in [6.07, 6.45) is 1.24. The van der Waals surface area contributed by atoms with Gasteiger partial charge in [0.1, 0.15) is 11.4 Å². The Morgan fingerprint density at radius 2 is 2.30 bits per heavy atom. The Labute approximate surface area is 120 Å². The molecule has 1 amide bonds. The molecule has 0 bridgehead atoms. The second-order valence-electron chi connectivity index (χ2n) is 5.00. The lowest BCUT2D eigenvalue weighted by molar-refractivity contribution is -0.124. The van der Waals surface area contributed by atoms with Crippen LogP contribution in [-0.4, -0.2) is 5.91 Å². The van der Waals surface area contributed by atoms with E-state index in [1.807, 2.05) is 17.5 Å². The number of amides is 1. The summed E-state index contributed by atoms with van der Waals surface area (Å²) >= 11 is 1.63. The topological polar surface area (TPSA) is 55.1 Å².